The van der Waals surface area contributed by atoms with E-state index in [1.807, 2.05) is 13.1 Å². The first-order valence-electron chi connectivity index (χ1n) is 2.34. The smallest absolute Gasteiger partial charge is 0.300 e. The van der Waals surface area contributed by atoms with Gasteiger partial charge >= 0.3 is 0 Å². The van der Waals surface area contributed by atoms with E-state index in [1.165, 1.54) is 0 Å². The Bertz CT molecular complexity index is 55.5. The lowest BCUT2D eigenvalue weighted by Gasteiger charge is -1.76. The van der Waals surface area contributed by atoms with Gasteiger partial charge in [0.1, 0.15) is 0 Å². The average molecular weight is 136 g/mol. The second-order valence-corrected chi connectivity index (χ2v) is 3.80. The van der Waals surface area contributed by atoms with Crippen LogP contribution in [0.25, 0.3) is 0 Å². The topological polar surface area (TPSA) is 57.5 Å². The zero-order chi connectivity index (χ0) is 7.15. The van der Waals surface area contributed by atoms with Gasteiger partial charge in [-0.2, -0.15) is 0 Å². The second-order valence-electron chi connectivity index (χ2n) is 1.61. The highest BCUT2D eigenvalue weighted by Crippen LogP contribution is 1.60. The molecule has 0 aromatic carbocycles. The number of carbonyl (C=O) groups is 1. The first-order valence-corrected chi connectivity index (χ1v) is 5.17. The van der Waals surface area contributed by atoms with Crippen LogP contribution in [0.15, 0.2) is 0 Å². The summed E-state index contributed by atoms with van der Waals surface area (Å²) < 4.78 is 0. The molecule has 0 amide bonds. The van der Waals surface area contributed by atoms with E-state index in [9.17, 15) is 0 Å². The summed E-state index contributed by atoms with van der Waals surface area (Å²) in [6.07, 6.45) is 0. The molecule has 0 saturated carbocycles. The Morgan fingerprint density at radius 2 is 1.50 bits per heavy atom. The molecular formula is C4H12O3Si. The van der Waals surface area contributed by atoms with Crippen LogP contribution in [-0.2, 0) is 4.79 Å². The summed E-state index contributed by atoms with van der Waals surface area (Å²) in [5.41, 5.74) is 0. The lowest BCUT2D eigenvalue weighted by Crippen LogP contribution is -1.93. The fourth-order valence-corrected chi connectivity index (χ4v) is 0. The van der Waals surface area contributed by atoms with Gasteiger partial charge in [-0.1, -0.05) is 0 Å². The molecular weight excluding hydrogens is 124 g/mol. The molecule has 8 heavy (non-hydrogen) atoms. The maximum Gasteiger partial charge on any atom is 0.300 e. The Kier molecular flexibility index (Phi) is 8.80. The second kappa shape index (κ2) is 6.65. The van der Waals surface area contributed by atoms with Gasteiger partial charge < -0.3 is 9.90 Å². The number of hydrogen-bond acceptors (Lipinski definition) is 2. The summed E-state index contributed by atoms with van der Waals surface area (Å²) in [6, 6.07) is 0. The molecule has 0 atom stereocenters. The Morgan fingerprint density at radius 1 is 1.50 bits per heavy atom. The predicted octanol–water partition coefficient (Wildman–Crippen LogP) is 0.0530. The van der Waals surface area contributed by atoms with E-state index in [2.05, 4.69) is 0 Å². The van der Waals surface area contributed by atoms with Gasteiger partial charge in [0.25, 0.3) is 5.97 Å². The van der Waals surface area contributed by atoms with Gasteiger partial charge in [0, 0.05) is 6.92 Å². The highest BCUT2D eigenvalue weighted by atomic mass is 28.3. The van der Waals surface area contributed by atoms with E-state index < -0.39 is 15.0 Å². The van der Waals surface area contributed by atoms with Crippen molar-refractivity contribution in [3.8, 4) is 0 Å². The average Bonchev–Trinajstić information content (AvgIpc) is 1.25. The van der Waals surface area contributed by atoms with Crippen molar-refractivity contribution < 1.29 is 14.7 Å². The molecule has 2 N–H and O–H groups in total. The SMILES string of the molecule is CC(=O)O.C[SiH](C)O. The van der Waals surface area contributed by atoms with Crippen LogP contribution in [0.3, 0.4) is 0 Å². The van der Waals surface area contributed by atoms with Crippen LogP contribution in [-0.4, -0.2) is 24.9 Å². The van der Waals surface area contributed by atoms with E-state index in [-0.39, 0.29) is 0 Å². The van der Waals surface area contributed by atoms with Crippen molar-refractivity contribution in [2.24, 2.45) is 0 Å². The van der Waals surface area contributed by atoms with Crippen molar-refractivity contribution in [3.63, 3.8) is 0 Å². The molecule has 0 bridgehead atoms. The van der Waals surface area contributed by atoms with Crippen molar-refractivity contribution in [3.05, 3.63) is 0 Å². The fraction of sp³-hybridized carbons (Fsp3) is 0.750. The lowest BCUT2D eigenvalue weighted by molar-refractivity contribution is -0.134. The van der Waals surface area contributed by atoms with Crippen molar-refractivity contribution in [2.45, 2.75) is 20.0 Å². The summed E-state index contributed by atoms with van der Waals surface area (Å²) in [7, 11) is -1.14. The Morgan fingerprint density at radius 3 is 1.50 bits per heavy atom. The highest BCUT2D eigenvalue weighted by Gasteiger charge is 1.74. The summed E-state index contributed by atoms with van der Waals surface area (Å²) in [6.45, 7) is 4.81. The number of aliphatic carboxylic acids is 1. The molecule has 0 unspecified atom stereocenters. The third-order valence-electron chi connectivity index (χ3n) is 0. The predicted molar refractivity (Wildman–Crippen MR) is 34.4 cm³/mol. The molecule has 0 rings (SSSR count). The Balaban J connectivity index is 0. The molecule has 0 saturated heterocycles. The van der Waals surface area contributed by atoms with Crippen molar-refractivity contribution >= 4 is 15.0 Å². The molecule has 4 heteroatoms. The highest BCUT2D eigenvalue weighted by molar-refractivity contribution is 6.46. The van der Waals surface area contributed by atoms with Gasteiger partial charge in [-0.05, 0) is 13.1 Å². The number of rotatable bonds is 0. The monoisotopic (exact) mass is 136 g/mol. The molecule has 0 radical (unpaired) electrons. The molecule has 0 aromatic rings. The van der Waals surface area contributed by atoms with Crippen LogP contribution in [0.1, 0.15) is 6.92 Å². The first-order chi connectivity index (χ1) is 3.46. The van der Waals surface area contributed by atoms with Gasteiger partial charge in [-0.3, -0.25) is 4.79 Å². The Hall–Kier alpha value is -0.353. The molecule has 3 nitrogen and oxygen atoms in total. The summed E-state index contributed by atoms with van der Waals surface area (Å²) >= 11 is 0. The van der Waals surface area contributed by atoms with Gasteiger partial charge in [0.2, 0.25) is 0 Å². The fourth-order valence-electron chi connectivity index (χ4n) is 0. The number of carboxylic acid groups (broad SMARTS) is 1. The molecule has 0 aromatic heterocycles. The van der Waals surface area contributed by atoms with Crippen LogP contribution < -0.4 is 0 Å². The number of carboxylic acids is 1. The normalized spacial score (nSPS) is 7.62. The third-order valence-corrected chi connectivity index (χ3v) is 0. The van der Waals surface area contributed by atoms with Crippen LogP contribution >= 0.6 is 0 Å². The quantitative estimate of drug-likeness (QED) is 0.463. The summed E-state index contributed by atoms with van der Waals surface area (Å²) in [5.74, 6) is -0.833. The molecule has 0 fully saturated rings. The molecule has 50 valence electrons. The molecule has 0 aliphatic rings. The first kappa shape index (κ1) is 10.6. The van der Waals surface area contributed by atoms with Gasteiger partial charge in [-0.25, -0.2) is 0 Å². The van der Waals surface area contributed by atoms with Gasteiger partial charge in [-0.15, -0.1) is 0 Å². The van der Waals surface area contributed by atoms with Crippen molar-refractivity contribution in [1.29, 1.82) is 0 Å². The van der Waals surface area contributed by atoms with E-state index in [1.54, 1.807) is 0 Å². The number of hydrogen-bond donors (Lipinski definition) is 2. The minimum atomic E-state index is -1.14. The standard InChI is InChI=1S/C2H4O2.C2H8OSi/c1-2(3)4;1-4(2)3/h1H3,(H,3,4);3-4H,1-2H3. The lowest BCUT2D eigenvalue weighted by atomic mass is 10.9. The van der Waals surface area contributed by atoms with Crippen LogP contribution in [0.2, 0.25) is 13.1 Å². The van der Waals surface area contributed by atoms with Gasteiger partial charge in [0.15, 0.2) is 9.04 Å². The molecule has 0 heterocycles. The van der Waals surface area contributed by atoms with E-state index >= 15 is 0 Å². The van der Waals surface area contributed by atoms with E-state index in [0.29, 0.717) is 0 Å². The van der Waals surface area contributed by atoms with E-state index in [4.69, 9.17) is 14.7 Å². The molecule has 0 spiro atoms. The molecule has 0 aliphatic carbocycles. The summed E-state index contributed by atoms with van der Waals surface area (Å²) in [4.78, 5) is 17.2. The van der Waals surface area contributed by atoms with Crippen LogP contribution in [0, 0.1) is 0 Å². The minimum Gasteiger partial charge on any atom is -0.481 e. The van der Waals surface area contributed by atoms with Crippen molar-refractivity contribution in [2.75, 3.05) is 0 Å². The van der Waals surface area contributed by atoms with Crippen LogP contribution in [0.5, 0.6) is 0 Å². The Labute approximate surface area is 50.7 Å². The maximum atomic E-state index is 9.00. The minimum absolute atomic E-state index is 0.833. The van der Waals surface area contributed by atoms with Gasteiger partial charge in [0.05, 0.1) is 0 Å². The zero-order valence-corrected chi connectivity index (χ0v) is 6.53. The third kappa shape index (κ3) is 978. The molecule has 0 aliphatic heterocycles. The maximum absolute atomic E-state index is 9.00. The van der Waals surface area contributed by atoms with E-state index in [0.717, 1.165) is 6.92 Å². The van der Waals surface area contributed by atoms with Crippen LogP contribution in [0.4, 0.5) is 0 Å². The van der Waals surface area contributed by atoms with Crippen molar-refractivity contribution in [1.82, 2.24) is 0 Å². The summed E-state index contributed by atoms with van der Waals surface area (Å²) in [5, 5.41) is 7.42. The zero-order valence-electron chi connectivity index (χ0n) is 5.38. The largest absolute Gasteiger partial charge is 0.481 e.